The highest BCUT2D eigenvalue weighted by Crippen LogP contribution is 2.30. The molecule has 1 unspecified atom stereocenters. The Kier molecular flexibility index (Phi) is 11.5. The number of benzene rings is 3. The molecule has 0 saturated heterocycles. The molecule has 3 aromatic rings. The molecule has 2 amide bonds. The largest absolute Gasteiger partial charge is 0.497 e. The fourth-order valence-corrected chi connectivity index (χ4v) is 7.23. The third-order valence-electron chi connectivity index (χ3n) is 8.03. The maximum Gasteiger partial charge on any atom is 0.273 e. The Hall–Kier alpha value is -3.87. The maximum absolute atomic E-state index is 14.3. The first-order valence-electron chi connectivity index (χ1n) is 14.8. The van der Waals surface area contributed by atoms with Crippen molar-refractivity contribution in [1.29, 1.82) is 0 Å². The summed E-state index contributed by atoms with van der Waals surface area (Å²) in [5, 5.41) is 15.3. The van der Waals surface area contributed by atoms with Gasteiger partial charge in [0.05, 0.1) is 32.7 Å². The number of methoxy groups -OCH3 is 1. The Balaban J connectivity index is 1.77. The van der Waals surface area contributed by atoms with Crippen molar-refractivity contribution in [2.45, 2.75) is 69.5 Å². The number of hydrogen-bond acceptors (Lipinski definition) is 7. The summed E-state index contributed by atoms with van der Waals surface area (Å²) in [6.07, 6.45) is 3.94. The summed E-state index contributed by atoms with van der Waals surface area (Å²) in [5.41, 5.74) is 0.610. The number of ether oxygens (including phenoxy) is 1. The standard InChI is InChI=1S/C32H36Cl2N4O7S/c1-4-29(32(40)35-23-7-5-6-8-23)36(19-22-10-16-27(33)28(34)17-22)31(39)20-37(24-11-13-25(45-3)14-12-24)46(43,44)26-15-9-21(2)30(18-26)38(41)42/h9-18,23,29H,4-8,19-20H2,1-3H3,(H,35,40). The SMILES string of the molecule is CCC(C(=O)NC1CCCC1)N(Cc1ccc(Cl)c(Cl)c1)C(=O)CN(c1ccc(OC)cc1)S(=O)(=O)c1ccc(C)c([N+](=O)[O-])c1. The Labute approximate surface area is 278 Å². The Morgan fingerprint density at radius 3 is 2.30 bits per heavy atom. The highest BCUT2D eigenvalue weighted by molar-refractivity contribution is 7.92. The molecule has 0 heterocycles. The Morgan fingerprint density at radius 2 is 1.72 bits per heavy atom. The molecule has 0 bridgehead atoms. The summed E-state index contributed by atoms with van der Waals surface area (Å²) in [5.74, 6) is -0.550. The number of aryl methyl sites for hydroxylation is 1. The van der Waals surface area contributed by atoms with E-state index in [9.17, 15) is 28.1 Å². The Bertz CT molecular complexity index is 1700. The first-order valence-corrected chi connectivity index (χ1v) is 17.0. The third kappa shape index (κ3) is 8.09. The van der Waals surface area contributed by atoms with E-state index in [1.165, 1.54) is 55.3 Å². The summed E-state index contributed by atoms with van der Waals surface area (Å²) in [6.45, 7) is 2.52. The van der Waals surface area contributed by atoms with Crippen molar-refractivity contribution in [2.24, 2.45) is 0 Å². The van der Waals surface area contributed by atoms with E-state index >= 15 is 0 Å². The van der Waals surface area contributed by atoms with Gasteiger partial charge in [0.25, 0.3) is 15.7 Å². The van der Waals surface area contributed by atoms with Gasteiger partial charge in [0.2, 0.25) is 11.8 Å². The molecule has 1 N–H and O–H groups in total. The van der Waals surface area contributed by atoms with Crippen molar-refractivity contribution < 1.29 is 27.7 Å². The lowest BCUT2D eigenvalue weighted by atomic mass is 10.1. The van der Waals surface area contributed by atoms with E-state index in [-0.39, 0.29) is 51.8 Å². The molecule has 0 aromatic heterocycles. The lowest BCUT2D eigenvalue weighted by Gasteiger charge is -2.34. The molecule has 1 fully saturated rings. The van der Waals surface area contributed by atoms with Crippen LogP contribution < -0.4 is 14.4 Å². The second kappa shape index (κ2) is 15.1. The molecule has 3 aromatic carbocycles. The van der Waals surface area contributed by atoms with Gasteiger partial charge in [-0.3, -0.25) is 24.0 Å². The van der Waals surface area contributed by atoms with Gasteiger partial charge in [0.1, 0.15) is 18.3 Å². The van der Waals surface area contributed by atoms with Crippen molar-refractivity contribution in [1.82, 2.24) is 10.2 Å². The van der Waals surface area contributed by atoms with E-state index in [0.717, 1.165) is 36.1 Å². The Morgan fingerprint density at radius 1 is 1.04 bits per heavy atom. The first-order chi connectivity index (χ1) is 21.8. The number of hydrogen-bond donors (Lipinski definition) is 1. The van der Waals surface area contributed by atoms with E-state index in [1.54, 1.807) is 25.1 Å². The number of nitro groups is 1. The van der Waals surface area contributed by atoms with Gasteiger partial charge in [-0.1, -0.05) is 55.1 Å². The summed E-state index contributed by atoms with van der Waals surface area (Å²) in [6, 6.07) is 13.5. The monoisotopic (exact) mass is 690 g/mol. The van der Waals surface area contributed by atoms with E-state index in [0.29, 0.717) is 16.3 Å². The maximum atomic E-state index is 14.3. The lowest BCUT2D eigenvalue weighted by Crippen LogP contribution is -2.53. The zero-order chi connectivity index (χ0) is 33.6. The molecule has 0 aliphatic heterocycles. The molecule has 1 atom stereocenters. The zero-order valence-electron chi connectivity index (χ0n) is 25.7. The quantitative estimate of drug-likeness (QED) is 0.164. The minimum atomic E-state index is -4.53. The van der Waals surface area contributed by atoms with Crippen LogP contribution >= 0.6 is 23.2 Å². The number of nitrogens with one attached hydrogen (secondary N) is 1. The number of halogens is 2. The van der Waals surface area contributed by atoms with Crippen LogP contribution in [0.1, 0.15) is 50.2 Å². The minimum Gasteiger partial charge on any atom is -0.497 e. The molecule has 0 spiro atoms. The van der Waals surface area contributed by atoms with Crippen LogP contribution in [-0.4, -0.2) is 55.8 Å². The average molecular weight is 692 g/mol. The van der Waals surface area contributed by atoms with E-state index in [2.05, 4.69) is 5.32 Å². The number of nitrogens with zero attached hydrogens (tertiary/aromatic N) is 3. The van der Waals surface area contributed by atoms with E-state index < -0.39 is 33.4 Å². The van der Waals surface area contributed by atoms with Gasteiger partial charge in [-0.2, -0.15) is 0 Å². The fraction of sp³-hybridized carbons (Fsp3) is 0.375. The molecule has 246 valence electrons. The number of carbonyl (C=O) groups excluding carboxylic acids is 2. The highest BCUT2D eigenvalue weighted by atomic mass is 35.5. The van der Waals surface area contributed by atoms with Crippen LogP contribution in [-0.2, 0) is 26.2 Å². The first kappa shape index (κ1) is 35.0. The normalized spacial score (nSPS) is 14.0. The van der Waals surface area contributed by atoms with Crippen molar-refractivity contribution in [3.8, 4) is 5.75 Å². The van der Waals surface area contributed by atoms with Gasteiger partial charge in [0.15, 0.2) is 0 Å². The summed E-state index contributed by atoms with van der Waals surface area (Å²) < 4.78 is 34.4. The second-order valence-corrected chi connectivity index (χ2v) is 13.8. The van der Waals surface area contributed by atoms with E-state index in [4.69, 9.17) is 27.9 Å². The lowest BCUT2D eigenvalue weighted by molar-refractivity contribution is -0.385. The third-order valence-corrected chi connectivity index (χ3v) is 10.5. The molecule has 1 aliphatic rings. The predicted octanol–water partition coefficient (Wildman–Crippen LogP) is 6.28. The summed E-state index contributed by atoms with van der Waals surface area (Å²) in [7, 11) is -3.07. The molecule has 46 heavy (non-hydrogen) atoms. The van der Waals surface area contributed by atoms with Crippen molar-refractivity contribution in [3.63, 3.8) is 0 Å². The molecule has 1 aliphatic carbocycles. The number of carbonyl (C=O) groups is 2. The van der Waals surface area contributed by atoms with Crippen molar-refractivity contribution in [3.05, 3.63) is 92.0 Å². The summed E-state index contributed by atoms with van der Waals surface area (Å²) in [4.78, 5) is 39.9. The van der Waals surface area contributed by atoms with Gasteiger partial charge >= 0.3 is 0 Å². The number of sulfonamides is 1. The average Bonchev–Trinajstić information content (AvgIpc) is 3.54. The van der Waals surface area contributed by atoms with Crippen molar-refractivity contribution >= 4 is 56.4 Å². The number of anilines is 1. The number of amides is 2. The smallest absolute Gasteiger partial charge is 0.273 e. The highest BCUT2D eigenvalue weighted by Gasteiger charge is 2.35. The van der Waals surface area contributed by atoms with Crippen molar-refractivity contribution in [2.75, 3.05) is 18.0 Å². The topological polar surface area (TPSA) is 139 Å². The molecule has 14 heteroatoms. The van der Waals surface area contributed by atoms with Gasteiger partial charge in [-0.05, 0) is 74.2 Å². The fourth-order valence-electron chi connectivity index (χ4n) is 5.47. The summed E-state index contributed by atoms with van der Waals surface area (Å²) >= 11 is 12.4. The van der Waals surface area contributed by atoms with Crippen LogP contribution in [0.3, 0.4) is 0 Å². The molecular weight excluding hydrogens is 655 g/mol. The van der Waals surface area contributed by atoms with E-state index in [1.807, 2.05) is 0 Å². The van der Waals surface area contributed by atoms with Gasteiger partial charge in [-0.25, -0.2) is 8.42 Å². The van der Waals surface area contributed by atoms with Gasteiger partial charge in [-0.15, -0.1) is 0 Å². The van der Waals surface area contributed by atoms with Gasteiger partial charge in [0, 0.05) is 24.2 Å². The molecule has 4 rings (SSSR count). The van der Waals surface area contributed by atoms with Crippen LogP contribution in [0.4, 0.5) is 11.4 Å². The van der Waals surface area contributed by atoms with Crippen LogP contribution in [0.2, 0.25) is 10.0 Å². The minimum absolute atomic E-state index is 0.00279. The van der Waals surface area contributed by atoms with Crippen LogP contribution in [0, 0.1) is 17.0 Å². The number of nitro benzene ring substituents is 1. The molecule has 11 nitrogen and oxygen atoms in total. The zero-order valence-corrected chi connectivity index (χ0v) is 28.1. The molecule has 0 radical (unpaired) electrons. The molecule has 1 saturated carbocycles. The van der Waals surface area contributed by atoms with Crippen LogP contribution in [0.5, 0.6) is 5.75 Å². The molecular formula is C32H36Cl2N4O7S. The van der Waals surface area contributed by atoms with Crippen LogP contribution in [0.25, 0.3) is 0 Å². The second-order valence-electron chi connectivity index (χ2n) is 11.1. The van der Waals surface area contributed by atoms with Gasteiger partial charge < -0.3 is 15.0 Å². The predicted molar refractivity (Wildman–Crippen MR) is 177 cm³/mol. The van der Waals surface area contributed by atoms with Crippen LogP contribution in [0.15, 0.2) is 65.6 Å². The number of rotatable bonds is 13.